The molecule has 1 heterocycles. The first-order valence-corrected chi connectivity index (χ1v) is 6.10. The summed E-state index contributed by atoms with van der Waals surface area (Å²) in [6.07, 6.45) is 0.671. The van der Waals surface area contributed by atoms with Crippen LogP contribution in [0.2, 0.25) is 0 Å². The lowest BCUT2D eigenvalue weighted by Crippen LogP contribution is -2.38. The van der Waals surface area contributed by atoms with Gasteiger partial charge < -0.3 is 9.32 Å². The Kier molecular flexibility index (Phi) is 5.58. The van der Waals surface area contributed by atoms with E-state index in [1.807, 2.05) is 25.8 Å². The Morgan fingerprint density at radius 3 is 2.50 bits per heavy atom. The van der Waals surface area contributed by atoms with E-state index in [2.05, 4.69) is 0 Å². The van der Waals surface area contributed by atoms with Crippen LogP contribution in [-0.4, -0.2) is 48.7 Å². The molecule has 0 saturated heterocycles. The zero-order valence-electron chi connectivity index (χ0n) is 11.2. The number of aldehydes is 1. The van der Waals surface area contributed by atoms with Crippen molar-refractivity contribution in [2.24, 2.45) is 0 Å². The molecule has 0 aliphatic heterocycles. The minimum atomic E-state index is 0.102. The Bertz CT molecular complexity index is 397. The van der Waals surface area contributed by atoms with Gasteiger partial charge in [-0.25, -0.2) is 0 Å². The Morgan fingerprint density at radius 1 is 1.33 bits per heavy atom. The second kappa shape index (κ2) is 6.96. The molecule has 1 rings (SSSR count). The molecule has 0 radical (unpaired) electrons. The number of carbonyl (C=O) groups is 2. The van der Waals surface area contributed by atoms with E-state index in [1.165, 1.54) is 0 Å². The summed E-state index contributed by atoms with van der Waals surface area (Å²) in [5.41, 5.74) is 0. The van der Waals surface area contributed by atoms with Crippen LogP contribution >= 0.6 is 0 Å². The molecular formula is C13H20N2O3. The number of furan rings is 1. The highest BCUT2D eigenvalue weighted by atomic mass is 16.3. The number of hydrogen-bond donors (Lipinski definition) is 0. The predicted octanol–water partition coefficient (Wildman–Crippen LogP) is 1.39. The summed E-state index contributed by atoms with van der Waals surface area (Å²) in [6.45, 7) is 6.23. The molecule has 0 unspecified atom stereocenters. The Balaban J connectivity index is 2.48. The molecule has 1 aromatic heterocycles. The van der Waals surface area contributed by atoms with Gasteiger partial charge in [-0.15, -0.1) is 0 Å². The number of carbonyl (C=O) groups excluding carboxylic acids is 2. The summed E-state index contributed by atoms with van der Waals surface area (Å²) < 4.78 is 5.26. The van der Waals surface area contributed by atoms with E-state index in [4.69, 9.17) is 4.42 Å². The van der Waals surface area contributed by atoms with Gasteiger partial charge in [-0.1, -0.05) is 0 Å². The van der Waals surface area contributed by atoms with Crippen LogP contribution in [0.25, 0.3) is 0 Å². The maximum Gasteiger partial charge on any atom is 0.236 e. The fourth-order valence-electron chi connectivity index (χ4n) is 1.77. The Labute approximate surface area is 107 Å². The highest BCUT2D eigenvalue weighted by Gasteiger charge is 2.13. The van der Waals surface area contributed by atoms with E-state index in [-0.39, 0.29) is 5.91 Å². The minimum Gasteiger partial charge on any atom is -0.457 e. The maximum absolute atomic E-state index is 11.9. The molecule has 0 atom stereocenters. The van der Waals surface area contributed by atoms with Crippen molar-refractivity contribution in [1.82, 2.24) is 9.80 Å². The standard InChI is InChI=1S/C13H20N2O3/c1-4-15(5-2)13(17)9-14(3)8-11-6-7-12(10-16)18-11/h6-7,10H,4-5,8-9H2,1-3H3. The molecule has 0 aliphatic carbocycles. The molecule has 0 aromatic carbocycles. The van der Waals surface area contributed by atoms with E-state index in [1.54, 1.807) is 17.0 Å². The van der Waals surface area contributed by atoms with E-state index in [0.717, 1.165) is 13.1 Å². The van der Waals surface area contributed by atoms with Crippen LogP contribution in [0.4, 0.5) is 0 Å². The van der Waals surface area contributed by atoms with Gasteiger partial charge in [0.2, 0.25) is 5.91 Å². The smallest absolute Gasteiger partial charge is 0.236 e. The van der Waals surface area contributed by atoms with Crippen molar-refractivity contribution in [3.05, 3.63) is 23.7 Å². The van der Waals surface area contributed by atoms with Gasteiger partial charge in [-0.3, -0.25) is 14.5 Å². The van der Waals surface area contributed by atoms with Crippen LogP contribution < -0.4 is 0 Å². The minimum absolute atomic E-state index is 0.102. The summed E-state index contributed by atoms with van der Waals surface area (Å²) in [5.74, 6) is 1.10. The first kappa shape index (κ1) is 14.4. The average Bonchev–Trinajstić information content (AvgIpc) is 2.78. The van der Waals surface area contributed by atoms with Crippen molar-refractivity contribution >= 4 is 12.2 Å². The maximum atomic E-state index is 11.9. The number of amides is 1. The fraction of sp³-hybridized carbons (Fsp3) is 0.538. The molecule has 0 saturated carbocycles. The van der Waals surface area contributed by atoms with Gasteiger partial charge in [-0.2, -0.15) is 0 Å². The van der Waals surface area contributed by atoms with E-state index in [9.17, 15) is 9.59 Å². The van der Waals surface area contributed by atoms with Gasteiger partial charge in [0.25, 0.3) is 0 Å². The second-order valence-electron chi connectivity index (χ2n) is 4.16. The lowest BCUT2D eigenvalue weighted by Gasteiger charge is -2.22. The van der Waals surface area contributed by atoms with Crippen molar-refractivity contribution < 1.29 is 14.0 Å². The summed E-state index contributed by atoms with van der Waals surface area (Å²) in [6, 6.07) is 3.38. The normalized spacial score (nSPS) is 10.7. The van der Waals surface area contributed by atoms with Crippen LogP contribution in [0.1, 0.15) is 30.2 Å². The zero-order chi connectivity index (χ0) is 13.5. The molecular weight excluding hydrogens is 232 g/mol. The van der Waals surface area contributed by atoms with Crippen LogP contribution in [0, 0.1) is 0 Å². The molecule has 18 heavy (non-hydrogen) atoms. The van der Waals surface area contributed by atoms with E-state index >= 15 is 0 Å². The molecule has 0 spiro atoms. The average molecular weight is 252 g/mol. The third-order valence-corrected chi connectivity index (χ3v) is 2.75. The third kappa shape index (κ3) is 4.00. The molecule has 1 aromatic rings. The van der Waals surface area contributed by atoms with Crippen molar-refractivity contribution in [3.63, 3.8) is 0 Å². The summed E-state index contributed by atoms with van der Waals surface area (Å²) in [5, 5.41) is 0. The van der Waals surface area contributed by atoms with Gasteiger partial charge in [0, 0.05) is 13.1 Å². The van der Waals surface area contributed by atoms with Crippen LogP contribution in [0.5, 0.6) is 0 Å². The van der Waals surface area contributed by atoms with Crippen molar-refractivity contribution in [2.75, 3.05) is 26.7 Å². The molecule has 0 aliphatic rings. The summed E-state index contributed by atoms with van der Waals surface area (Å²) in [7, 11) is 1.85. The van der Waals surface area contributed by atoms with E-state index < -0.39 is 0 Å². The lowest BCUT2D eigenvalue weighted by atomic mass is 10.3. The molecule has 5 nitrogen and oxygen atoms in total. The van der Waals surface area contributed by atoms with Crippen LogP contribution in [0.3, 0.4) is 0 Å². The van der Waals surface area contributed by atoms with Gasteiger partial charge in [0.05, 0.1) is 13.1 Å². The van der Waals surface area contributed by atoms with Gasteiger partial charge in [-0.05, 0) is 33.0 Å². The molecule has 0 N–H and O–H groups in total. The predicted molar refractivity (Wildman–Crippen MR) is 68.4 cm³/mol. The van der Waals surface area contributed by atoms with Crippen molar-refractivity contribution in [3.8, 4) is 0 Å². The molecule has 100 valence electrons. The topological polar surface area (TPSA) is 53.8 Å². The number of likely N-dealkylation sites (N-methyl/N-ethyl adjacent to an activating group) is 2. The second-order valence-corrected chi connectivity index (χ2v) is 4.16. The summed E-state index contributed by atoms with van der Waals surface area (Å²) >= 11 is 0. The molecule has 5 heteroatoms. The monoisotopic (exact) mass is 252 g/mol. The number of hydrogen-bond acceptors (Lipinski definition) is 4. The SMILES string of the molecule is CCN(CC)C(=O)CN(C)Cc1ccc(C=O)o1. The number of nitrogens with zero attached hydrogens (tertiary/aromatic N) is 2. The van der Waals surface area contributed by atoms with Crippen molar-refractivity contribution in [1.29, 1.82) is 0 Å². The Hall–Kier alpha value is -1.62. The van der Waals surface area contributed by atoms with Crippen molar-refractivity contribution in [2.45, 2.75) is 20.4 Å². The van der Waals surface area contributed by atoms with E-state index in [0.29, 0.717) is 30.9 Å². The first-order chi connectivity index (χ1) is 8.60. The molecule has 1 amide bonds. The van der Waals surface area contributed by atoms with Gasteiger partial charge >= 0.3 is 0 Å². The van der Waals surface area contributed by atoms with Crippen LogP contribution in [0.15, 0.2) is 16.5 Å². The van der Waals surface area contributed by atoms with Gasteiger partial charge in [0.1, 0.15) is 5.76 Å². The largest absolute Gasteiger partial charge is 0.457 e. The van der Waals surface area contributed by atoms with Crippen LogP contribution in [-0.2, 0) is 11.3 Å². The quantitative estimate of drug-likeness (QED) is 0.688. The fourth-order valence-corrected chi connectivity index (χ4v) is 1.77. The Morgan fingerprint density at radius 2 is 2.00 bits per heavy atom. The lowest BCUT2D eigenvalue weighted by molar-refractivity contribution is -0.131. The number of rotatable bonds is 7. The molecule has 0 bridgehead atoms. The van der Waals surface area contributed by atoms with Gasteiger partial charge in [0.15, 0.2) is 12.0 Å². The summed E-state index contributed by atoms with van der Waals surface area (Å²) in [4.78, 5) is 26.0. The highest BCUT2D eigenvalue weighted by Crippen LogP contribution is 2.08. The zero-order valence-corrected chi connectivity index (χ0v) is 11.2. The first-order valence-electron chi connectivity index (χ1n) is 6.10. The molecule has 0 fully saturated rings. The third-order valence-electron chi connectivity index (χ3n) is 2.75. The highest BCUT2D eigenvalue weighted by molar-refractivity contribution is 5.78.